The summed E-state index contributed by atoms with van der Waals surface area (Å²) in [5, 5.41) is 0. The summed E-state index contributed by atoms with van der Waals surface area (Å²) < 4.78 is 0. The second-order valence-corrected chi connectivity index (χ2v) is 6.35. The zero-order chi connectivity index (χ0) is 13.9. The van der Waals surface area contributed by atoms with E-state index in [1.807, 2.05) is 0 Å². The largest absolute Gasteiger partial charge is 0.318 e. The minimum atomic E-state index is 0.224. The van der Waals surface area contributed by atoms with Crippen LogP contribution in [0.2, 0.25) is 0 Å². The van der Waals surface area contributed by atoms with Crippen molar-refractivity contribution >= 4 is 0 Å². The van der Waals surface area contributed by atoms with Gasteiger partial charge in [-0.25, -0.2) is 0 Å². The molecule has 0 unspecified atom stereocenters. The number of hydrogen-bond donors (Lipinski definition) is 1. The molecule has 0 atom stereocenters. The molecule has 0 aliphatic heterocycles. The molecule has 0 saturated heterocycles. The van der Waals surface area contributed by atoms with Crippen molar-refractivity contribution in [2.75, 3.05) is 20.3 Å². The molecule has 2 nitrogen and oxygen atoms in total. The zero-order valence-corrected chi connectivity index (χ0v) is 12.8. The Hall–Kier alpha value is -0.860. The molecule has 1 aromatic rings. The van der Waals surface area contributed by atoms with Crippen LogP contribution in [0, 0.1) is 13.8 Å². The van der Waals surface area contributed by atoms with Crippen molar-refractivity contribution < 1.29 is 0 Å². The van der Waals surface area contributed by atoms with Gasteiger partial charge in [0, 0.05) is 13.2 Å². The Morgan fingerprint density at radius 1 is 1.11 bits per heavy atom. The Bertz CT molecular complexity index is 379. The Kier molecular flexibility index (Phi) is 4.94. The summed E-state index contributed by atoms with van der Waals surface area (Å²) in [6, 6.07) is 4.68. The van der Waals surface area contributed by atoms with E-state index >= 15 is 0 Å². The quantitative estimate of drug-likeness (QED) is 0.830. The summed E-state index contributed by atoms with van der Waals surface area (Å²) >= 11 is 0. The van der Waals surface area contributed by atoms with Crippen LogP contribution in [0.25, 0.3) is 0 Å². The number of hydrogen-bond acceptors (Lipinski definition) is 2. The fourth-order valence-electron chi connectivity index (χ4n) is 2.21. The highest BCUT2D eigenvalue weighted by Crippen LogP contribution is 2.27. The Morgan fingerprint density at radius 3 is 2.00 bits per heavy atom. The fourth-order valence-corrected chi connectivity index (χ4v) is 2.21. The van der Waals surface area contributed by atoms with Crippen molar-refractivity contribution in [3.63, 3.8) is 0 Å². The average Bonchev–Trinajstić information content (AvgIpc) is 2.26. The molecular weight excluding hydrogens is 220 g/mol. The number of benzene rings is 1. The predicted molar refractivity (Wildman–Crippen MR) is 80.0 cm³/mol. The van der Waals surface area contributed by atoms with E-state index in [1.54, 1.807) is 0 Å². The molecule has 0 heterocycles. The molecule has 1 aromatic carbocycles. The van der Waals surface area contributed by atoms with Crippen molar-refractivity contribution in [3.8, 4) is 0 Å². The van der Waals surface area contributed by atoms with Crippen LogP contribution in [0.3, 0.4) is 0 Å². The van der Waals surface area contributed by atoms with Crippen LogP contribution in [0.4, 0.5) is 0 Å². The van der Waals surface area contributed by atoms with Gasteiger partial charge in [-0.15, -0.1) is 0 Å². The minimum Gasteiger partial charge on any atom is -0.318 e. The van der Waals surface area contributed by atoms with E-state index in [0.29, 0.717) is 6.67 Å². The maximum atomic E-state index is 5.62. The third-order valence-corrected chi connectivity index (χ3v) is 3.62. The lowest BCUT2D eigenvalue weighted by molar-refractivity contribution is 0.349. The van der Waals surface area contributed by atoms with Gasteiger partial charge in [0.15, 0.2) is 0 Å². The monoisotopic (exact) mass is 248 g/mol. The first-order valence-corrected chi connectivity index (χ1v) is 6.75. The lowest BCUT2D eigenvalue weighted by Gasteiger charge is -2.23. The van der Waals surface area contributed by atoms with Crippen molar-refractivity contribution in [1.82, 2.24) is 4.90 Å². The van der Waals surface area contributed by atoms with Gasteiger partial charge < -0.3 is 5.73 Å². The highest BCUT2D eigenvalue weighted by molar-refractivity contribution is 5.40. The average molecular weight is 248 g/mol. The number of nitrogens with zero attached hydrogens (tertiary/aromatic N) is 1. The van der Waals surface area contributed by atoms with Crippen LogP contribution in [0.1, 0.15) is 43.0 Å². The van der Waals surface area contributed by atoms with Gasteiger partial charge in [-0.2, -0.15) is 0 Å². The minimum absolute atomic E-state index is 0.224. The Balaban J connectivity index is 2.95. The highest BCUT2D eigenvalue weighted by atomic mass is 15.1. The van der Waals surface area contributed by atoms with E-state index in [-0.39, 0.29) is 5.41 Å². The van der Waals surface area contributed by atoms with Crippen LogP contribution in [-0.2, 0) is 11.8 Å². The second kappa shape index (κ2) is 5.85. The van der Waals surface area contributed by atoms with Crippen molar-refractivity contribution in [2.24, 2.45) is 5.73 Å². The summed E-state index contributed by atoms with van der Waals surface area (Å²) in [5.74, 6) is 0. The molecular formula is C16H28N2. The molecule has 1 rings (SSSR count). The second-order valence-electron chi connectivity index (χ2n) is 6.35. The van der Waals surface area contributed by atoms with Gasteiger partial charge in [0.05, 0.1) is 0 Å². The number of rotatable bonds is 4. The lowest BCUT2D eigenvalue weighted by Crippen LogP contribution is -2.28. The molecule has 0 aliphatic carbocycles. The van der Waals surface area contributed by atoms with Crippen LogP contribution >= 0.6 is 0 Å². The van der Waals surface area contributed by atoms with Crippen LogP contribution < -0.4 is 5.73 Å². The predicted octanol–water partition coefficient (Wildman–Crippen LogP) is 2.99. The van der Waals surface area contributed by atoms with Crippen LogP contribution in [-0.4, -0.2) is 25.2 Å². The maximum Gasteiger partial charge on any atom is 0.0452 e. The number of nitrogens with two attached hydrogens (primary N) is 1. The fraction of sp³-hybridized carbons (Fsp3) is 0.625. The molecule has 0 fully saturated rings. The maximum absolute atomic E-state index is 5.62. The smallest absolute Gasteiger partial charge is 0.0452 e. The molecule has 0 saturated carbocycles. The standard InChI is InChI=1S/C16H28N2/c1-12-9-14(16(3,4)5)10-13(2)15(12)7-8-18(6)11-17/h9-10H,7-8,11,17H2,1-6H3. The van der Waals surface area contributed by atoms with Gasteiger partial charge in [0.25, 0.3) is 0 Å². The van der Waals surface area contributed by atoms with E-state index in [4.69, 9.17) is 5.73 Å². The van der Waals surface area contributed by atoms with Crippen molar-refractivity contribution in [1.29, 1.82) is 0 Å². The lowest BCUT2D eigenvalue weighted by atomic mass is 9.83. The van der Waals surface area contributed by atoms with Crippen LogP contribution in [0.5, 0.6) is 0 Å². The van der Waals surface area contributed by atoms with E-state index in [1.165, 1.54) is 22.3 Å². The zero-order valence-electron chi connectivity index (χ0n) is 12.8. The molecule has 0 aromatic heterocycles. The topological polar surface area (TPSA) is 29.3 Å². The molecule has 0 amide bonds. The first kappa shape index (κ1) is 15.2. The summed E-state index contributed by atoms with van der Waals surface area (Å²) in [6.07, 6.45) is 1.08. The molecule has 0 aliphatic rings. The van der Waals surface area contributed by atoms with Gasteiger partial charge in [0.1, 0.15) is 0 Å². The SMILES string of the molecule is Cc1cc(C(C)(C)C)cc(C)c1CCN(C)CN. The summed E-state index contributed by atoms with van der Waals surface area (Å²) in [6.45, 7) is 12.9. The third-order valence-electron chi connectivity index (χ3n) is 3.62. The normalized spacial score (nSPS) is 12.2. The van der Waals surface area contributed by atoms with Crippen LogP contribution in [0.15, 0.2) is 12.1 Å². The first-order valence-electron chi connectivity index (χ1n) is 6.75. The van der Waals surface area contributed by atoms with Gasteiger partial charge in [-0.3, -0.25) is 4.90 Å². The molecule has 0 spiro atoms. The van der Waals surface area contributed by atoms with Gasteiger partial charge in [-0.1, -0.05) is 32.9 Å². The molecule has 2 heteroatoms. The summed E-state index contributed by atoms with van der Waals surface area (Å²) in [5.41, 5.74) is 11.6. The molecule has 18 heavy (non-hydrogen) atoms. The first-order chi connectivity index (χ1) is 8.25. The Labute approximate surface area is 112 Å². The highest BCUT2D eigenvalue weighted by Gasteiger charge is 2.16. The van der Waals surface area contributed by atoms with E-state index in [9.17, 15) is 0 Å². The molecule has 0 radical (unpaired) electrons. The number of aryl methyl sites for hydroxylation is 2. The van der Waals surface area contributed by atoms with Gasteiger partial charge in [0.2, 0.25) is 0 Å². The summed E-state index contributed by atoms with van der Waals surface area (Å²) in [7, 11) is 2.06. The van der Waals surface area contributed by atoms with Crippen molar-refractivity contribution in [3.05, 3.63) is 34.4 Å². The van der Waals surface area contributed by atoms with Gasteiger partial charge >= 0.3 is 0 Å². The molecule has 0 bridgehead atoms. The van der Waals surface area contributed by atoms with Gasteiger partial charge in [-0.05, 0) is 55.0 Å². The van der Waals surface area contributed by atoms with E-state index < -0.39 is 0 Å². The Morgan fingerprint density at radius 2 is 1.61 bits per heavy atom. The van der Waals surface area contributed by atoms with E-state index in [2.05, 4.69) is 58.7 Å². The third kappa shape index (κ3) is 3.82. The van der Waals surface area contributed by atoms with E-state index in [0.717, 1.165) is 13.0 Å². The number of likely N-dealkylation sites (N-methyl/N-ethyl adjacent to an activating group) is 1. The summed E-state index contributed by atoms with van der Waals surface area (Å²) in [4.78, 5) is 2.15. The molecule has 102 valence electrons. The molecule has 2 N–H and O–H groups in total. The van der Waals surface area contributed by atoms with Crippen molar-refractivity contribution in [2.45, 2.75) is 46.5 Å².